The molecule has 5 nitrogen and oxygen atoms in total. The van der Waals surface area contributed by atoms with E-state index in [1.54, 1.807) is 4.90 Å². The summed E-state index contributed by atoms with van der Waals surface area (Å²) in [4.78, 5) is 23.9. The minimum atomic E-state index is -0.488. The summed E-state index contributed by atoms with van der Waals surface area (Å²) < 4.78 is 0. The molecule has 1 aromatic rings. The van der Waals surface area contributed by atoms with E-state index in [9.17, 15) is 14.9 Å². The lowest BCUT2D eigenvalue weighted by atomic mass is 10.1. The molecular formula is C14H14N2O3. The van der Waals surface area contributed by atoms with Crippen LogP contribution in [0.4, 0.5) is 5.69 Å². The number of amides is 1. The van der Waals surface area contributed by atoms with Crippen LogP contribution in [-0.2, 0) is 0 Å². The average molecular weight is 258 g/mol. The van der Waals surface area contributed by atoms with Crippen molar-refractivity contribution in [3.8, 4) is 12.3 Å². The van der Waals surface area contributed by atoms with Gasteiger partial charge in [0.15, 0.2) is 0 Å². The highest BCUT2D eigenvalue weighted by Gasteiger charge is 2.27. The fourth-order valence-corrected chi connectivity index (χ4v) is 1.85. The van der Waals surface area contributed by atoms with Crippen LogP contribution in [0.2, 0.25) is 0 Å². The quantitative estimate of drug-likeness (QED) is 0.461. The highest BCUT2D eigenvalue weighted by Crippen LogP contribution is 2.30. The first-order chi connectivity index (χ1) is 9.11. The first kappa shape index (κ1) is 13.1. The van der Waals surface area contributed by atoms with E-state index >= 15 is 0 Å². The Morgan fingerprint density at radius 3 is 2.53 bits per heavy atom. The SMILES string of the molecule is C#CCN(CC1CC1)C(=O)c1ccc([N+](=O)[O-])cc1. The van der Waals surface area contributed by atoms with E-state index in [4.69, 9.17) is 6.42 Å². The van der Waals surface area contributed by atoms with Crippen LogP contribution in [0.3, 0.4) is 0 Å². The Morgan fingerprint density at radius 1 is 1.42 bits per heavy atom. The van der Waals surface area contributed by atoms with Gasteiger partial charge in [0.2, 0.25) is 0 Å². The third kappa shape index (κ3) is 3.32. The van der Waals surface area contributed by atoms with Gasteiger partial charge in [-0.3, -0.25) is 14.9 Å². The number of carbonyl (C=O) groups is 1. The van der Waals surface area contributed by atoms with Crippen molar-refractivity contribution >= 4 is 11.6 Å². The molecular weight excluding hydrogens is 244 g/mol. The number of hydrogen-bond donors (Lipinski definition) is 0. The molecule has 0 atom stereocenters. The van der Waals surface area contributed by atoms with Gasteiger partial charge in [-0.15, -0.1) is 6.42 Å². The number of nitro benzene ring substituents is 1. The molecule has 2 rings (SSSR count). The van der Waals surface area contributed by atoms with Crippen LogP contribution in [0.5, 0.6) is 0 Å². The summed E-state index contributed by atoms with van der Waals surface area (Å²) in [5.74, 6) is 2.86. The lowest BCUT2D eigenvalue weighted by Crippen LogP contribution is -2.33. The number of nitrogens with zero attached hydrogens (tertiary/aromatic N) is 2. The smallest absolute Gasteiger partial charge is 0.269 e. The van der Waals surface area contributed by atoms with Crippen molar-refractivity contribution in [1.82, 2.24) is 4.90 Å². The van der Waals surface area contributed by atoms with Crippen molar-refractivity contribution in [3.05, 3.63) is 39.9 Å². The zero-order valence-electron chi connectivity index (χ0n) is 10.4. The minimum Gasteiger partial charge on any atom is -0.327 e. The Bertz CT molecular complexity index is 527. The molecule has 0 spiro atoms. The fraction of sp³-hybridized carbons (Fsp3) is 0.357. The first-order valence-corrected chi connectivity index (χ1v) is 6.09. The summed E-state index contributed by atoms with van der Waals surface area (Å²) in [5, 5.41) is 10.6. The Hall–Kier alpha value is -2.35. The Labute approximate surface area is 111 Å². The van der Waals surface area contributed by atoms with E-state index in [2.05, 4.69) is 5.92 Å². The highest BCUT2D eigenvalue weighted by atomic mass is 16.6. The number of benzene rings is 1. The molecule has 0 saturated heterocycles. The molecule has 19 heavy (non-hydrogen) atoms. The Kier molecular flexibility index (Phi) is 3.81. The van der Waals surface area contributed by atoms with Gasteiger partial charge in [-0.2, -0.15) is 0 Å². The second-order valence-electron chi connectivity index (χ2n) is 4.64. The molecule has 98 valence electrons. The van der Waals surface area contributed by atoms with Gasteiger partial charge in [-0.1, -0.05) is 5.92 Å². The van der Waals surface area contributed by atoms with Crippen molar-refractivity contribution in [1.29, 1.82) is 0 Å². The number of nitro groups is 1. The van der Waals surface area contributed by atoms with E-state index in [-0.39, 0.29) is 18.1 Å². The first-order valence-electron chi connectivity index (χ1n) is 6.09. The number of non-ortho nitro benzene ring substituents is 1. The van der Waals surface area contributed by atoms with Crippen molar-refractivity contribution in [3.63, 3.8) is 0 Å². The molecule has 0 radical (unpaired) electrons. The maximum atomic E-state index is 12.2. The monoisotopic (exact) mass is 258 g/mol. The maximum Gasteiger partial charge on any atom is 0.269 e. The maximum absolute atomic E-state index is 12.2. The molecule has 1 aliphatic carbocycles. The zero-order valence-corrected chi connectivity index (χ0v) is 10.4. The number of terminal acetylenes is 1. The molecule has 0 aliphatic heterocycles. The Morgan fingerprint density at radius 2 is 2.05 bits per heavy atom. The Balaban J connectivity index is 2.11. The van der Waals surface area contributed by atoms with Crippen LogP contribution in [0, 0.1) is 28.4 Å². The van der Waals surface area contributed by atoms with Gasteiger partial charge < -0.3 is 4.90 Å². The molecule has 1 saturated carbocycles. The molecule has 1 amide bonds. The van der Waals surface area contributed by atoms with Gasteiger partial charge in [-0.05, 0) is 30.9 Å². The van der Waals surface area contributed by atoms with Crippen molar-refractivity contribution in [2.75, 3.05) is 13.1 Å². The summed E-state index contributed by atoms with van der Waals surface area (Å²) in [7, 11) is 0. The molecule has 5 heteroatoms. The lowest BCUT2D eigenvalue weighted by Gasteiger charge is -2.19. The predicted octanol–water partition coefficient (Wildman–Crippen LogP) is 2.08. The zero-order chi connectivity index (χ0) is 13.8. The van der Waals surface area contributed by atoms with Gasteiger partial charge in [0.05, 0.1) is 11.5 Å². The van der Waals surface area contributed by atoms with Crippen LogP contribution in [-0.4, -0.2) is 28.8 Å². The van der Waals surface area contributed by atoms with Crippen LogP contribution in [0.15, 0.2) is 24.3 Å². The normalized spacial score (nSPS) is 13.6. The fourth-order valence-electron chi connectivity index (χ4n) is 1.85. The summed E-state index contributed by atoms with van der Waals surface area (Å²) in [6.45, 7) is 0.937. The number of carbonyl (C=O) groups excluding carboxylic acids is 1. The van der Waals surface area contributed by atoms with Crippen LogP contribution >= 0.6 is 0 Å². The van der Waals surface area contributed by atoms with E-state index in [0.717, 1.165) is 12.8 Å². The van der Waals surface area contributed by atoms with E-state index < -0.39 is 4.92 Å². The lowest BCUT2D eigenvalue weighted by molar-refractivity contribution is -0.384. The van der Waals surface area contributed by atoms with Crippen molar-refractivity contribution < 1.29 is 9.72 Å². The van der Waals surface area contributed by atoms with Gasteiger partial charge in [0.1, 0.15) is 0 Å². The average Bonchev–Trinajstić information content (AvgIpc) is 3.21. The number of hydrogen-bond acceptors (Lipinski definition) is 3. The van der Waals surface area contributed by atoms with Gasteiger partial charge >= 0.3 is 0 Å². The molecule has 0 bridgehead atoms. The van der Waals surface area contributed by atoms with Crippen LogP contribution < -0.4 is 0 Å². The van der Waals surface area contributed by atoms with E-state index in [1.807, 2.05) is 0 Å². The molecule has 1 fully saturated rings. The van der Waals surface area contributed by atoms with Gasteiger partial charge in [0.25, 0.3) is 11.6 Å². The number of rotatable bonds is 5. The standard InChI is InChI=1S/C14H14N2O3/c1-2-9-15(10-11-3-4-11)14(17)12-5-7-13(8-6-12)16(18)19/h1,5-8,11H,3-4,9-10H2. The summed E-state index contributed by atoms with van der Waals surface area (Å²) in [6.07, 6.45) is 7.54. The van der Waals surface area contributed by atoms with Crippen LogP contribution in [0.1, 0.15) is 23.2 Å². The molecule has 1 aliphatic rings. The third-order valence-corrected chi connectivity index (χ3v) is 3.07. The minimum absolute atomic E-state index is 0.0257. The molecule has 1 aromatic carbocycles. The summed E-state index contributed by atoms with van der Waals surface area (Å²) >= 11 is 0. The molecule has 0 heterocycles. The topological polar surface area (TPSA) is 63.5 Å². The molecule has 0 aromatic heterocycles. The van der Waals surface area contributed by atoms with E-state index in [0.29, 0.717) is 18.0 Å². The molecule has 0 unspecified atom stereocenters. The predicted molar refractivity (Wildman–Crippen MR) is 70.6 cm³/mol. The summed E-state index contributed by atoms with van der Waals surface area (Å²) in [6, 6.07) is 5.60. The van der Waals surface area contributed by atoms with Crippen molar-refractivity contribution in [2.45, 2.75) is 12.8 Å². The van der Waals surface area contributed by atoms with E-state index in [1.165, 1.54) is 24.3 Å². The van der Waals surface area contributed by atoms with Crippen LogP contribution in [0.25, 0.3) is 0 Å². The third-order valence-electron chi connectivity index (χ3n) is 3.07. The highest BCUT2D eigenvalue weighted by molar-refractivity contribution is 5.94. The second-order valence-corrected chi connectivity index (χ2v) is 4.64. The summed E-state index contributed by atoms with van der Waals surface area (Å²) in [5.41, 5.74) is 0.406. The second kappa shape index (κ2) is 5.53. The largest absolute Gasteiger partial charge is 0.327 e. The molecule has 0 N–H and O–H groups in total. The van der Waals surface area contributed by atoms with Gasteiger partial charge in [0, 0.05) is 24.2 Å². The van der Waals surface area contributed by atoms with Gasteiger partial charge in [-0.25, -0.2) is 0 Å². The van der Waals surface area contributed by atoms with Crippen molar-refractivity contribution in [2.24, 2.45) is 5.92 Å².